The fourth-order valence-electron chi connectivity index (χ4n) is 3.93. The van der Waals surface area contributed by atoms with Gasteiger partial charge in [-0.3, -0.25) is 9.59 Å². The molecule has 2 atom stereocenters. The van der Waals surface area contributed by atoms with E-state index in [1.807, 2.05) is 13.0 Å². The maximum atomic E-state index is 13.1. The van der Waals surface area contributed by atoms with Crippen molar-refractivity contribution in [3.63, 3.8) is 0 Å². The van der Waals surface area contributed by atoms with Gasteiger partial charge >= 0.3 is 11.8 Å². The number of benzene rings is 1. The second-order valence-corrected chi connectivity index (χ2v) is 8.99. The highest BCUT2D eigenvalue weighted by molar-refractivity contribution is 7.13. The maximum Gasteiger partial charge on any atom is 0.313 e. The Hall–Kier alpha value is -3.00. The van der Waals surface area contributed by atoms with Gasteiger partial charge in [0.05, 0.1) is 16.4 Å². The van der Waals surface area contributed by atoms with Crippen LogP contribution in [0, 0.1) is 12.8 Å². The van der Waals surface area contributed by atoms with Crippen LogP contribution in [0.2, 0.25) is 0 Å². The van der Waals surface area contributed by atoms with Gasteiger partial charge in [0, 0.05) is 17.6 Å². The van der Waals surface area contributed by atoms with Crippen LogP contribution >= 0.6 is 11.5 Å². The molecule has 2 amide bonds. The molecule has 31 heavy (non-hydrogen) atoms. The predicted octanol–water partition coefficient (Wildman–Crippen LogP) is 3.82. The van der Waals surface area contributed by atoms with Crippen LogP contribution in [0.3, 0.4) is 0 Å². The van der Waals surface area contributed by atoms with Gasteiger partial charge in [-0.25, -0.2) is 4.99 Å². The van der Waals surface area contributed by atoms with Gasteiger partial charge in [-0.1, -0.05) is 13.0 Å². The molecule has 1 saturated heterocycles. The lowest BCUT2D eigenvalue weighted by molar-refractivity contribution is -0.148. The molecule has 1 aliphatic rings. The van der Waals surface area contributed by atoms with E-state index in [0.717, 1.165) is 34.2 Å². The number of likely N-dealkylation sites (tertiary alicyclic amines) is 1. The molecule has 1 fully saturated rings. The highest BCUT2D eigenvalue weighted by Gasteiger charge is 2.34. The molecule has 1 aliphatic heterocycles. The average molecular weight is 440 g/mol. The molecule has 164 valence electrons. The summed E-state index contributed by atoms with van der Waals surface area (Å²) < 4.78 is 5.54. The second kappa shape index (κ2) is 9.43. The number of carbonyl (C=O) groups excluding carboxylic acids is 2. The Morgan fingerprint density at radius 3 is 2.81 bits per heavy atom. The molecule has 3 N–H and O–H groups in total. The number of carbonyl (C=O) groups is 2. The minimum absolute atomic E-state index is 0.135. The Morgan fingerprint density at radius 2 is 2.10 bits per heavy atom. The molecule has 0 saturated carbocycles. The second-order valence-electron chi connectivity index (χ2n) is 8.19. The Bertz CT molecular complexity index is 1080. The van der Waals surface area contributed by atoms with Gasteiger partial charge in [0.15, 0.2) is 0 Å². The first-order valence-corrected chi connectivity index (χ1v) is 11.1. The quantitative estimate of drug-likeness (QED) is 0.430. The van der Waals surface area contributed by atoms with Crippen molar-refractivity contribution in [2.75, 3.05) is 6.54 Å². The number of rotatable bonds is 4. The molecule has 2 heterocycles. The van der Waals surface area contributed by atoms with Gasteiger partial charge in [-0.2, -0.15) is 4.37 Å². The van der Waals surface area contributed by atoms with E-state index in [1.165, 1.54) is 11.5 Å². The van der Waals surface area contributed by atoms with Crippen molar-refractivity contribution in [1.82, 2.24) is 14.6 Å². The number of nitrogens with zero attached hydrogens (tertiary/aromatic N) is 3. The van der Waals surface area contributed by atoms with Crippen LogP contribution in [-0.2, 0) is 9.59 Å². The number of allylic oxidation sites excluding steroid dienone is 3. The van der Waals surface area contributed by atoms with Crippen LogP contribution < -0.4 is 11.1 Å². The van der Waals surface area contributed by atoms with Crippen molar-refractivity contribution in [2.45, 2.75) is 46.6 Å². The molecule has 2 unspecified atom stereocenters. The number of hydrogen-bond acceptors (Lipinski definition) is 6. The van der Waals surface area contributed by atoms with Gasteiger partial charge in [0.25, 0.3) is 0 Å². The zero-order valence-corrected chi connectivity index (χ0v) is 19.3. The fourth-order valence-corrected chi connectivity index (χ4v) is 4.70. The average Bonchev–Trinajstić information content (AvgIpc) is 3.12. The van der Waals surface area contributed by atoms with E-state index in [2.05, 4.69) is 40.5 Å². The molecule has 8 heteroatoms. The number of hydrogen-bond donors (Lipinski definition) is 2. The normalized spacial score (nSPS) is 20.4. The highest BCUT2D eigenvalue weighted by Crippen LogP contribution is 2.35. The molecule has 2 aromatic rings. The summed E-state index contributed by atoms with van der Waals surface area (Å²) in [5.41, 5.74) is 8.94. The van der Waals surface area contributed by atoms with E-state index in [0.29, 0.717) is 23.7 Å². The zero-order valence-electron chi connectivity index (χ0n) is 18.4. The molecular formula is C23H29N5O2S. The lowest BCUT2D eigenvalue weighted by atomic mass is 9.89. The number of aromatic nitrogens is 1. The molecule has 3 rings (SSSR count). The maximum absolute atomic E-state index is 13.1. The summed E-state index contributed by atoms with van der Waals surface area (Å²) in [7, 11) is 0. The molecule has 7 nitrogen and oxygen atoms in total. The molecule has 0 spiro atoms. The number of piperidine rings is 1. The number of fused-ring (bicyclic) bond motifs is 1. The van der Waals surface area contributed by atoms with Crippen LogP contribution in [0.5, 0.6) is 0 Å². The topological polar surface area (TPSA) is 101 Å². The molecule has 0 bridgehead atoms. The standard InChI is InChI=1S/C23H29N5O2S/c1-13-6-8-19(17-7-9-20-18(11-17)16(4)27-31-20)28(12-13)23(30)22(29)26-15(3)10-14(2)21(24)25-5/h7,9-11,13,19H,5-6,8,12,24H2,1-4H3,(H,26,29)/b15-10+,21-14-. The van der Waals surface area contributed by atoms with Crippen LogP contribution in [-0.4, -0.2) is 34.4 Å². The van der Waals surface area contributed by atoms with Crippen LogP contribution in [0.1, 0.15) is 50.9 Å². The number of aliphatic imine (C=N–C) groups is 1. The Kier molecular flexibility index (Phi) is 6.90. The molecule has 0 aliphatic carbocycles. The predicted molar refractivity (Wildman–Crippen MR) is 126 cm³/mol. The van der Waals surface area contributed by atoms with Gasteiger partial charge in [-0.05, 0) is 87.1 Å². The largest absolute Gasteiger partial charge is 0.384 e. The fraction of sp³-hybridized carbons (Fsp3) is 0.391. The van der Waals surface area contributed by atoms with Crippen molar-refractivity contribution < 1.29 is 9.59 Å². The van der Waals surface area contributed by atoms with Gasteiger partial charge in [-0.15, -0.1) is 0 Å². The minimum Gasteiger partial charge on any atom is -0.384 e. The third kappa shape index (κ3) is 5.02. The van der Waals surface area contributed by atoms with Crippen molar-refractivity contribution >= 4 is 40.2 Å². The lowest BCUT2D eigenvalue weighted by Gasteiger charge is -2.38. The van der Waals surface area contributed by atoms with Crippen molar-refractivity contribution in [3.8, 4) is 0 Å². The summed E-state index contributed by atoms with van der Waals surface area (Å²) >= 11 is 1.47. The van der Waals surface area contributed by atoms with E-state index < -0.39 is 11.8 Å². The van der Waals surface area contributed by atoms with E-state index in [9.17, 15) is 9.59 Å². The smallest absolute Gasteiger partial charge is 0.313 e. The lowest BCUT2D eigenvalue weighted by Crippen LogP contribution is -2.48. The molecule has 1 aromatic carbocycles. The Labute approximate surface area is 186 Å². The number of aryl methyl sites for hydroxylation is 1. The van der Waals surface area contributed by atoms with E-state index >= 15 is 0 Å². The summed E-state index contributed by atoms with van der Waals surface area (Å²) in [4.78, 5) is 31.3. The van der Waals surface area contributed by atoms with E-state index in [1.54, 1.807) is 24.8 Å². The van der Waals surface area contributed by atoms with Gasteiger partial charge in [0.2, 0.25) is 0 Å². The molecular weight excluding hydrogens is 410 g/mol. The van der Waals surface area contributed by atoms with Gasteiger partial charge in [0.1, 0.15) is 5.82 Å². The first-order chi connectivity index (χ1) is 14.7. The third-order valence-corrected chi connectivity index (χ3v) is 6.57. The SMILES string of the molecule is C=N/C(N)=C(C)\C=C(/C)NC(=O)C(=O)N1CC(C)CCC1c1ccc2snc(C)c2c1. The minimum atomic E-state index is -0.653. The number of nitrogens with one attached hydrogen (secondary N) is 1. The first kappa shape index (κ1) is 22.7. The number of nitrogens with two attached hydrogens (primary N) is 1. The summed E-state index contributed by atoms with van der Waals surface area (Å²) in [6.07, 6.45) is 3.50. The third-order valence-electron chi connectivity index (χ3n) is 5.65. The summed E-state index contributed by atoms with van der Waals surface area (Å²) in [5.74, 6) is -0.568. The van der Waals surface area contributed by atoms with Gasteiger partial charge < -0.3 is 16.0 Å². The molecule has 1 aromatic heterocycles. The van der Waals surface area contributed by atoms with E-state index in [-0.39, 0.29) is 11.9 Å². The summed E-state index contributed by atoms with van der Waals surface area (Å²) in [6, 6.07) is 6.07. The summed E-state index contributed by atoms with van der Waals surface area (Å²) in [5, 5.41) is 3.78. The van der Waals surface area contributed by atoms with Crippen molar-refractivity contribution in [3.05, 3.63) is 52.6 Å². The highest BCUT2D eigenvalue weighted by atomic mass is 32.1. The Morgan fingerprint density at radius 1 is 1.35 bits per heavy atom. The van der Waals surface area contributed by atoms with E-state index in [4.69, 9.17) is 5.73 Å². The molecule has 0 radical (unpaired) electrons. The summed E-state index contributed by atoms with van der Waals surface area (Å²) in [6.45, 7) is 11.5. The van der Waals surface area contributed by atoms with Crippen LogP contribution in [0.15, 0.2) is 46.4 Å². The number of amides is 2. The van der Waals surface area contributed by atoms with Crippen LogP contribution in [0.4, 0.5) is 0 Å². The van der Waals surface area contributed by atoms with Crippen molar-refractivity contribution in [1.29, 1.82) is 0 Å². The zero-order chi connectivity index (χ0) is 22.7. The first-order valence-electron chi connectivity index (χ1n) is 10.3. The monoisotopic (exact) mass is 439 g/mol. The Balaban J connectivity index is 1.83. The van der Waals surface area contributed by atoms with Crippen molar-refractivity contribution in [2.24, 2.45) is 16.6 Å². The van der Waals surface area contributed by atoms with Crippen LogP contribution in [0.25, 0.3) is 10.1 Å².